The van der Waals surface area contributed by atoms with Gasteiger partial charge in [0.15, 0.2) is 5.16 Å². The molecule has 0 radical (unpaired) electrons. The number of benzene rings is 1. The Morgan fingerprint density at radius 3 is 3.04 bits per heavy atom. The third-order valence-corrected chi connectivity index (χ3v) is 6.29. The van der Waals surface area contributed by atoms with Gasteiger partial charge in [-0.3, -0.25) is 4.79 Å². The van der Waals surface area contributed by atoms with E-state index in [1.165, 1.54) is 24.6 Å². The zero-order valence-electron chi connectivity index (χ0n) is 15.0. The maximum absolute atomic E-state index is 12.4. The molecule has 140 valence electrons. The van der Waals surface area contributed by atoms with Gasteiger partial charge in [-0.2, -0.15) is 0 Å². The van der Waals surface area contributed by atoms with Gasteiger partial charge in [-0.15, -0.1) is 10.2 Å². The molecule has 2 atom stereocenters. The van der Waals surface area contributed by atoms with Crippen LogP contribution in [0.25, 0.3) is 0 Å². The molecule has 1 aromatic heterocycles. The Morgan fingerprint density at radius 2 is 2.38 bits per heavy atom. The Morgan fingerprint density at radius 1 is 1.54 bits per heavy atom. The lowest BCUT2D eigenvalue weighted by atomic mass is 9.85. The number of halogens is 1. The highest BCUT2D eigenvalue weighted by Crippen LogP contribution is 2.33. The number of nitrogens with one attached hydrogen (secondary N) is 2. The van der Waals surface area contributed by atoms with Crippen LogP contribution in [0.1, 0.15) is 26.2 Å². The van der Waals surface area contributed by atoms with Crippen molar-refractivity contribution in [2.75, 3.05) is 18.4 Å². The second-order valence-electron chi connectivity index (χ2n) is 6.81. The second-order valence-corrected chi connectivity index (χ2v) is 8.22. The minimum Gasteiger partial charge on any atom is -0.326 e. The van der Waals surface area contributed by atoms with Crippen molar-refractivity contribution in [2.45, 2.75) is 36.2 Å². The molecule has 1 fully saturated rings. The number of carbonyl (C=O) groups excluding carboxylic acids is 1. The average molecular weight is 394 g/mol. The molecule has 2 unspecified atom stereocenters. The third-order valence-electron chi connectivity index (χ3n) is 4.73. The Bertz CT molecular complexity index is 760. The quantitative estimate of drug-likeness (QED) is 0.784. The lowest BCUT2D eigenvalue weighted by Gasteiger charge is -2.28. The standard InChI is InChI=1S/C18H24ClN5OS/c1-12(13-4-3-7-20-10-13)8-17(25)22-14-5-6-16(15(19)9-14)26-18-23-21-11-24(18)2/h5-6,9,11-13,20H,3-4,7-8,10H2,1-2H3,(H,22,25). The van der Waals surface area contributed by atoms with Gasteiger partial charge in [0.1, 0.15) is 6.33 Å². The summed E-state index contributed by atoms with van der Waals surface area (Å²) < 4.78 is 1.83. The van der Waals surface area contributed by atoms with Crippen LogP contribution in [0.5, 0.6) is 0 Å². The van der Waals surface area contributed by atoms with Gasteiger partial charge in [0.2, 0.25) is 5.91 Å². The fourth-order valence-electron chi connectivity index (χ4n) is 3.16. The highest BCUT2D eigenvalue weighted by molar-refractivity contribution is 7.99. The summed E-state index contributed by atoms with van der Waals surface area (Å²) in [6.45, 7) is 4.26. The van der Waals surface area contributed by atoms with Gasteiger partial charge in [0.25, 0.3) is 0 Å². The van der Waals surface area contributed by atoms with E-state index in [0.29, 0.717) is 23.3 Å². The first kappa shape index (κ1) is 19.2. The van der Waals surface area contributed by atoms with Gasteiger partial charge in [0, 0.05) is 24.1 Å². The van der Waals surface area contributed by atoms with E-state index in [1.54, 1.807) is 12.4 Å². The van der Waals surface area contributed by atoms with E-state index in [-0.39, 0.29) is 5.91 Å². The number of amides is 1. The zero-order chi connectivity index (χ0) is 18.5. The Labute approximate surface area is 163 Å². The van der Waals surface area contributed by atoms with E-state index >= 15 is 0 Å². The number of hydrogen-bond donors (Lipinski definition) is 2. The summed E-state index contributed by atoms with van der Waals surface area (Å²) in [6.07, 6.45) is 4.56. The number of anilines is 1. The number of carbonyl (C=O) groups is 1. The third kappa shape index (κ3) is 4.99. The van der Waals surface area contributed by atoms with E-state index in [2.05, 4.69) is 27.8 Å². The van der Waals surface area contributed by atoms with Crippen LogP contribution in [0.4, 0.5) is 5.69 Å². The highest BCUT2D eigenvalue weighted by atomic mass is 35.5. The lowest BCUT2D eigenvalue weighted by Crippen LogP contribution is -2.34. The number of aryl methyl sites for hydroxylation is 1. The number of rotatable bonds is 6. The SMILES string of the molecule is CC(CC(=O)Nc1ccc(Sc2nncn2C)c(Cl)c1)C1CCCNC1. The molecule has 1 saturated heterocycles. The molecule has 0 spiro atoms. The molecule has 0 saturated carbocycles. The summed E-state index contributed by atoms with van der Waals surface area (Å²) in [4.78, 5) is 13.2. The topological polar surface area (TPSA) is 71.8 Å². The van der Waals surface area contributed by atoms with Gasteiger partial charge >= 0.3 is 0 Å². The fraction of sp³-hybridized carbons (Fsp3) is 0.500. The number of nitrogens with zero attached hydrogens (tertiary/aromatic N) is 3. The van der Waals surface area contributed by atoms with Crippen LogP contribution in [0.15, 0.2) is 34.6 Å². The van der Waals surface area contributed by atoms with Crippen molar-refractivity contribution in [2.24, 2.45) is 18.9 Å². The van der Waals surface area contributed by atoms with Crippen molar-refractivity contribution < 1.29 is 4.79 Å². The van der Waals surface area contributed by atoms with E-state index in [4.69, 9.17) is 11.6 Å². The van der Waals surface area contributed by atoms with Crippen molar-refractivity contribution >= 4 is 35.0 Å². The summed E-state index contributed by atoms with van der Waals surface area (Å²) in [6, 6.07) is 5.55. The summed E-state index contributed by atoms with van der Waals surface area (Å²) in [5, 5.41) is 15.6. The van der Waals surface area contributed by atoms with Crippen LogP contribution in [0.3, 0.4) is 0 Å². The normalized spacial score (nSPS) is 18.5. The molecule has 0 aliphatic carbocycles. The van der Waals surface area contributed by atoms with E-state index < -0.39 is 0 Å². The van der Waals surface area contributed by atoms with Crippen LogP contribution < -0.4 is 10.6 Å². The molecular formula is C18H24ClN5OS. The smallest absolute Gasteiger partial charge is 0.224 e. The molecule has 8 heteroatoms. The largest absolute Gasteiger partial charge is 0.326 e. The molecule has 1 amide bonds. The Kier molecular flexibility index (Phi) is 6.56. The lowest BCUT2D eigenvalue weighted by molar-refractivity contribution is -0.117. The first-order valence-electron chi connectivity index (χ1n) is 8.85. The van der Waals surface area contributed by atoms with Gasteiger partial charge in [-0.05, 0) is 67.7 Å². The zero-order valence-corrected chi connectivity index (χ0v) is 16.6. The summed E-state index contributed by atoms with van der Waals surface area (Å²) >= 11 is 7.81. The van der Waals surface area contributed by atoms with Crippen molar-refractivity contribution in [1.82, 2.24) is 20.1 Å². The molecule has 3 rings (SSSR count). The van der Waals surface area contributed by atoms with Crippen LogP contribution in [-0.2, 0) is 11.8 Å². The number of aromatic nitrogens is 3. The molecular weight excluding hydrogens is 370 g/mol. The van der Waals surface area contributed by atoms with E-state index in [1.807, 2.05) is 23.7 Å². The molecule has 26 heavy (non-hydrogen) atoms. The first-order valence-corrected chi connectivity index (χ1v) is 10.0. The molecule has 1 aliphatic heterocycles. The van der Waals surface area contributed by atoms with Crippen LogP contribution >= 0.6 is 23.4 Å². The monoisotopic (exact) mass is 393 g/mol. The van der Waals surface area contributed by atoms with Gasteiger partial charge < -0.3 is 15.2 Å². The predicted molar refractivity (Wildman–Crippen MR) is 105 cm³/mol. The summed E-state index contributed by atoms with van der Waals surface area (Å²) in [5.74, 6) is 0.972. The fourth-order valence-corrected chi connectivity index (χ4v) is 4.22. The molecule has 2 heterocycles. The molecule has 6 nitrogen and oxygen atoms in total. The highest BCUT2D eigenvalue weighted by Gasteiger charge is 2.22. The maximum Gasteiger partial charge on any atom is 0.224 e. The minimum absolute atomic E-state index is 0.0350. The second kappa shape index (κ2) is 8.88. The maximum atomic E-state index is 12.4. The Balaban J connectivity index is 1.56. The number of piperidine rings is 1. The van der Waals surface area contributed by atoms with Crippen LogP contribution in [0.2, 0.25) is 5.02 Å². The van der Waals surface area contributed by atoms with Crippen molar-refractivity contribution in [3.63, 3.8) is 0 Å². The molecule has 2 aromatic rings. The molecule has 1 aromatic carbocycles. The average Bonchev–Trinajstić information content (AvgIpc) is 3.03. The minimum atomic E-state index is 0.0350. The van der Waals surface area contributed by atoms with E-state index in [0.717, 1.165) is 28.8 Å². The van der Waals surface area contributed by atoms with Crippen LogP contribution in [-0.4, -0.2) is 33.8 Å². The van der Waals surface area contributed by atoms with Crippen molar-refractivity contribution in [3.8, 4) is 0 Å². The van der Waals surface area contributed by atoms with Crippen LogP contribution in [0, 0.1) is 11.8 Å². The summed E-state index contributed by atoms with van der Waals surface area (Å²) in [5.41, 5.74) is 0.719. The Hall–Kier alpha value is -1.57. The number of hydrogen-bond acceptors (Lipinski definition) is 5. The van der Waals surface area contributed by atoms with E-state index in [9.17, 15) is 4.79 Å². The molecule has 1 aliphatic rings. The predicted octanol–water partition coefficient (Wildman–Crippen LogP) is 3.58. The van der Waals surface area contributed by atoms with Gasteiger partial charge in [-0.25, -0.2) is 0 Å². The van der Waals surface area contributed by atoms with Gasteiger partial charge in [0.05, 0.1) is 5.02 Å². The van der Waals surface area contributed by atoms with Crippen molar-refractivity contribution in [3.05, 3.63) is 29.5 Å². The first-order chi connectivity index (χ1) is 12.5. The summed E-state index contributed by atoms with van der Waals surface area (Å²) in [7, 11) is 1.88. The molecule has 2 N–H and O–H groups in total. The van der Waals surface area contributed by atoms with Gasteiger partial charge in [-0.1, -0.05) is 18.5 Å². The van der Waals surface area contributed by atoms with Crippen molar-refractivity contribution in [1.29, 1.82) is 0 Å². The molecule has 0 bridgehead atoms.